The van der Waals surface area contributed by atoms with Crippen LogP contribution in [-0.2, 0) is 17.8 Å². The van der Waals surface area contributed by atoms with Crippen LogP contribution >= 0.6 is 0 Å². The topological polar surface area (TPSA) is 78.3 Å². The maximum absolute atomic E-state index is 12.6. The van der Waals surface area contributed by atoms with E-state index >= 15 is 0 Å². The number of ether oxygens (including phenoxy) is 2. The molecule has 3 aromatic rings. The molecule has 27 heavy (non-hydrogen) atoms. The fourth-order valence-electron chi connectivity index (χ4n) is 2.72. The van der Waals surface area contributed by atoms with Crippen molar-refractivity contribution in [1.82, 2.24) is 20.3 Å². The molecule has 1 heterocycles. The van der Waals surface area contributed by atoms with Crippen LogP contribution in [0.4, 0.5) is 0 Å². The smallest absolute Gasteiger partial charge is 0.273 e. The van der Waals surface area contributed by atoms with E-state index in [0.717, 1.165) is 23.4 Å². The highest BCUT2D eigenvalue weighted by Crippen LogP contribution is 2.18. The SMILES string of the molecule is COCc1c(C(=O)NCCc2ccccc2)nnn1-c1ccc(OC)cc1. The number of benzene rings is 2. The average Bonchev–Trinajstić information content (AvgIpc) is 3.13. The van der Waals surface area contributed by atoms with E-state index in [0.29, 0.717) is 12.2 Å². The summed E-state index contributed by atoms with van der Waals surface area (Å²) < 4.78 is 12.0. The molecular weight excluding hydrogens is 344 g/mol. The van der Waals surface area contributed by atoms with E-state index in [1.807, 2.05) is 54.6 Å². The molecule has 140 valence electrons. The molecule has 0 radical (unpaired) electrons. The van der Waals surface area contributed by atoms with Crippen LogP contribution in [0.5, 0.6) is 5.75 Å². The first kappa shape index (κ1) is 18.6. The van der Waals surface area contributed by atoms with Gasteiger partial charge in [0.15, 0.2) is 5.69 Å². The van der Waals surface area contributed by atoms with Crippen molar-refractivity contribution < 1.29 is 14.3 Å². The molecule has 7 heteroatoms. The molecule has 0 atom stereocenters. The predicted molar refractivity (Wildman–Crippen MR) is 101 cm³/mol. The number of amides is 1. The summed E-state index contributed by atoms with van der Waals surface area (Å²) in [7, 11) is 3.18. The standard InChI is InChI=1S/C20H22N4O3/c1-26-14-18-19(20(25)21-13-12-15-6-4-3-5-7-15)22-23-24(18)16-8-10-17(27-2)11-9-16/h3-11H,12-14H2,1-2H3,(H,21,25). The van der Waals surface area contributed by atoms with Gasteiger partial charge in [0.25, 0.3) is 5.91 Å². The van der Waals surface area contributed by atoms with Crippen LogP contribution in [0.25, 0.3) is 5.69 Å². The third-order valence-electron chi connectivity index (χ3n) is 4.12. The summed E-state index contributed by atoms with van der Waals surface area (Å²) in [6.07, 6.45) is 0.749. The van der Waals surface area contributed by atoms with Crippen LogP contribution < -0.4 is 10.1 Å². The first-order valence-corrected chi connectivity index (χ1v) is 8.63. The predicted octanol–water partition coefficient (Wildman–Crippen LogP) is 2.39. The Morgan fingerprint density at radius 3 is 2.48 bits per heavy atom. The minimum Gasteiger partial charge on any atom is -0.497 e. The molecule has 0 aliphatic rings. The van der Waals surface area contributed by atoms with Gasteiger partial charge in [-0.05, 0) is 36.2 Å². The zero-order chi connectivity index (χ0) is 19.1. The normalized spacial score (nSPS) is 10.6. The van der Waals surface area contributed by atoms with Gasteiger partial charge in [0.1, 0.15) is 11.4 Å². The molecule has 3 rings (SSSR count). The average molecular weight is 366 g/mol. The van der Waals surface area contributed by atoms with Gasteiger partial charge in [-0.25, -0.2) is 4.68 Å². The van der Waals surface area contributed by atoms with E-state index in [4.69, 9.17) is 9.47 Å². The second-order valence-corrected chi connectivity index (χ2v) is 5.92. The molecule has 0 bridgehead atoms. The van der Waals surface area contributed by atoms with Crippen LogP contribution in [0.2, 0.25) is 0 Å². The van der Waals surface area contributed by atoms with Crippen LogP contribution in [0, 0.1) is 0 Å². The van der Waals surface area contributed by atoms with Crippen molar-refractivity contribution in [3.8, 4) is 11.4 Å². The van der Waals surface area contributed by atoms with Gasteiger partial charge in [-0.1, -0.05) is 35.5 Å². The maximum Gasteiger partial charge on any atom is 0.273 e. The molecule has 7 nitrogen and oxygen atoms in total. The molecule has 1 N–H and O–H groups in total. The third-order valence-corrected chi connectivity index (χ3v) is 4.12. The Bertz CT molecular complexity index is 876. The van der Waals surface area contributed by atoms with Crippen molar-refractivity contribution in [1.29, 1.82) is 0 Å². The second-order valence-electron chi connectivity index (χ2n) is 5.92. The molecule has 1 amide bonds. The summed E-state index contributed by atoms with van der Waals surface area (Å²) in [5, 5.41) is 11.1. The van der Waals surface area contributed by atoms with E-state index in [1.165, 1.54) is 0 Å². The van der Waals surface area contributed by atoms with Gasteiger partial charge in [-0.3, -0.25) is 4.79 Å². The molecule has 2 aromatic carbocycles. The first-order chi connectivity index (χ1) is 13.2. The first-order valence-electron chi connectivity index (χ1n) is 8.63. The lowest BCUT2D eigenvalue weighted by Gasteiger charge is -2.08. The van der Waals surface area contributed by atoms with Gasteiger partial charge in [-0.2, -0.15) is 0 Å². The zero-order valence-corrected chi connectivity index (χ0v) is 15.4. The Morgan fingerprint density at radius 1 is 1.07 bits per heavy atom. The van der Waals surface area contributed by atoms with Gasteiger partial charge in [-0.15, -0.1) is 5.10 Å². The molecular formula is C20H22N4O3. The van der Waals surface area contributed by atoms with Crippen molar-refractivity contribution in [2.24, 2.45) is 0 Å². The molecule has 0 fully saturated rings. The van der Waals surface area contributed by atoms with Gasteiger partial charge in [0, 0.05) is 13.7 Å². The zero-order valence-electron chi connectivity index (χ0n) is 15.4. The van der Waals surface area contributed by atoms with E-state index in [9.17, 15) is 4.79 Å². The fourth-order valence-corrected chi connectivity index (χ4v) is 2.72. The Labute approximate surface area is 157 Å². The number of carbonyl (C=O) groups is 1. The summed E-state index contributed by atoms with van der Waals surface area (Å²) in [4.78, 5) is 12.6. The van der Waals surface area contributed by atoms with E-state index in [1.54, 1.807) is 18.9 Å². The molecule has 0 unspecified atom stereocenters. The molecule has 0 saturated heterocycles. The van der Waals surface area contributed by atoms with Crippen molar-refractivity contribution >= 4 is 5.91 Å². The summed E-state index contributed by atoms with van der Waals surface area (Å²) in [6, 6.07) is 17.3. The highest BCUT2D eigenvalue weighted by Gasteiger charge is 2.20. The monoisotopic (exact) mass is 366 g/mol. The van der Waals surface area contributed by atoms with Gasteiger partial charge < -0.3 is 14.8 Å². The minimum absolute atomic E-state index is 0.223. The highest BCUT2D eigenvalue weighted by molar-refractivity contribution is 5.93. The number of hydrogen-bond donors (Lipinski definition) is 1. The molecule has 0 saturated carbocycles. The Hall–Kier alpha value is -3.19. The molecule has 0 spiro atoms. The van der Waals surface area contributed by atoms with Gasteiger partial charge >= 0.3 is 0 Å². The summed E-state index contributed by atoms with van der Waals surface area (Å²) in [5.41, 5.74) is 2.80. The van der Waals surface area contributed by atoms with E-state index in [2.05, 4.69) is 15.6 Å². The molecule has 0 aliphatic carbocycles. The number of nitrogens with zero attached hydrogens (tertiary/aromatic N) is 3. The van der Waals surface area contributed by atoms with E-state index in [-0.39, 0.29) is 18.2 Å². The quantitative estimate of drug-likeness (QED) is 0.662. The van der Waals surface area contributed by atoms with Crippen LogP contribution in [0.1, 0.15) is 21.7 Å². The second kappa shape index (κ2) is 8.95. The largest absolute Gasteiger partial charge is 0.497 e. The lowest BCUT2D eigenvalue weighted by Crippen LogP contribution is -2.27. The van der Waals surface area contributed by atoms with E-state index < -0.39 is 0 Å². The summed E-state index contributed by atoms with van der Waals surface area (Å²) >= 11 is 0. The van der Waals surface area contributed by atoms with Crippen molar-refractivity contribution in [2.45, 2.75) is 13.0 Å². The lowest BCUT2D eigenvalue weighted by atomic mass is 10.1. The Kier molecular flexibility index (Phi) is 6.17. The third kappa shape index (κ3) is 4.51. The Balaban J connectivity index is 1.74. The number of rotatable bonds is 8. The van der Waals surface area contributed by atoms with Gasteiger partial charge in [0.2, 0.25) is 0 Å². The lowest BCUT2D eigenvalue weighted by molar-refractivity contribution is 0.0943. The molecule has 1 aromatic heterocycles. The highest BCUT2D eigenvalue weighted by atomic mass is 16.5. The van der Waals surface area contributed by atoms with Crippen LogP contribution in [-0.4, -0.2) is 41.7 Å². The van der Waals surface area contributed by atoms with Crippen molar-refractivity contribution in [3.05, 3.63) is 71.5 Å². The summed E-state index contributed by atoms with van der Waals surface area (Å²) in [5.74, 6) is 0.476. The maximum atomic E-state index is 12.6. The number of methoxy groups -OCH3 is 2. The minimum atomic E-state index is -0.266. The number of nitrogens with one attached hydrogen (secondary N) is 1. The number of carbonyl (C=O) groups excluding carboxylic acids is 1. The fraction of sp³-hybridized carbons (Fsp3) is 0.250. The number of hydrogen-bond acceptors (Lipinski definition) is 5. The molecule has 0 aliphatic heterocycles. The van der Waals surface area contributed by atoms with Crippen molar-refractivity contribution in [3.63, 3.8) is 0 Å². The number of aromatic nitrogens is 3. The van der Waals surface area contributed by atoms with Crippen LogP contribution in [0.15, 0.2) is 54.6 Å². The summed E-state index contributed by atoms with van der Waals surface area (Å²) in [6.45, 7) is 0.741. The van der Waals surface area contributed by atoms with Crippen LogP contribution in [0.3, 0.4) is 0 Å². The van der Waals surface area contributed by atoms with Gasteiger partial charge in [0.05, 0.1) is 19.4 Å². The van der Waals surface area contributed by atoms with Crippen molar-refractivity contribution in [2.75, 3.05) is 20.8 Å². The Morgan fingerprint density at radius 2 is 1.81 bits per heavy atom.